The fourth-order valence-corrected chi connectivity index (χ4v) is 2.71. The van der Waals surface area contributed by atoms with E-state index in [0.29, 0.717) is 23.8 Å². The largest absolute Gasteiger partial charge is 0.453 e. The molecule has 0 atom stereocenters. The molecule has 5 heteroatoms. The van der Waals surface area contributed by atoms with Crippen molar-refractivity contribution < 1.29 is 13.7 Å². The standard InChI is InChI=1S/C20H14N2O3/c1-13-6-2-3-7-15(13)19-21-20(25-22-19)17-9-5-4-8-16(17)18-11-10-14(12-23)24-18/h2-12H,1H3. The van der Waals surface area contributed by atoms with Gasteiger partial charge in [0.2, 0.25) is 5.82 Å². The molecule has 0 saturated carbocycles. The number of aromatic nitrogens is 2. The molecule has 0 spiro atoms. The van der Waals surface area contributed by atoms with Gasteiger partial charge < -0.3 is 8.94 Å². The van der Waals surface area contributed by atoms with Crippen LogP contribution in [0.2, 0.25) is 0 Å². The van der Waals surface area contributed by atoms with E-state index in [-0.39, 0.29) is 5.76 Å². The molecule has 2 aromatic heterocycles. The third kappa shape index (κ3) is 2.76. The maximum atomic E-state index is 10.9. The summed E-state index contributed by atoms with van der Waals surface area (Å²) in [5.74, 6) is 1.79. The van der Waals surface area contributed by atoms with Crippen molar-refractivity contribution in [3.05, 3.63) is 72.0 Å². The Labute approximate surface area is 143 Å². The SMILES string of the molecule is Cc1ccccc1-c1noc(-c2ccccc2-c2ccc(C=O)o2)n1. The molecule has 5 nitrogen and oxygen atoms in total. The van der Waals surface area contributed by atoms with Crippen molar-refractivity contribution in [2.45, 2.75) is 6.92 Å². The lowest BCUT2D eigenvalue weighted by Gasteiger charge is -2.02. The quantitative estimate of drug-likeness (QED) is 0.503. The molecule has 2 aromatic carbocycles. The molecule has 25 heavy (non-hydrogen) atoms. The van der Waals surface area contributed by atoms with Crippen molar-refractivity contribution in [3.8, 4) is 34.2 Å². The van der Waals surface area contributed by atoms with E-state index in [4.69, 9.17) is 8.94 Å². The van der Waals surface area contributed by atoms with Crippen molar-refractivity contribution >= 4 is 6.29 Å². The molecule has 2 heterocycles. The molecule has 0 amide bonds. The summed E-state index contributed by atoms with van der Waals surface area (Å²) in [6.07, 6.45) is 0.676. The lowest BCUT2D eigenvalue weighted by molar-refractivity contribution is 0.110. The highest BCUT2D eigenvalue weighted by molar-refractivity contribution is 5.80. The second-order valence-corrected chi connectivity index (χ2v) is 5.60. The summed E-state index contributed by atoms with van der Waals surface area (Å²) in [4.78, 5) is 15.4. The molecule has 0 aliphatic carbocycles. The number of carbonyl (C=O) groups excluding carboxylic acids is 1. The van der Waals surface area contributed by atoms with Crippen LogP contribution < -0.4 is 0 Å². The average Bonchev–Trinajstić information content (AvgIpc) is 3.32. The Morgan fingerprint density at radius 1 is 0.880 bits per heavy atom. The molecule has 0 bridgehead atoms. The van der Waals surface area contributed by atoms with Gasteiger partial charge in [0.25, 0.3) is 5.89 Å². The van der Waals surface area contributed by atoms with Gasteiger partial charge >= 0.3 is 0 Å². The van der Waals surface area contributed by atoms with Gasteiger partial charge in [-0.1, -0.05) is 47.6 Å². The lowest BCUT2D eigenvalue weighted by Crippen LogP contribution is -1.86. The van der Waals surface area contributed by atoms with Gasteiger partial charge in [-0.15, -0.1) is 0 Å². The molecule has 0 aliphatic rings. The molecule has 4 rings (SSSR count). The molecule has 0 radical (unpaired) electrons. The molecule has 4 aromatic rings. The maximum Gasteiger partial charge on any atom is 0.258 e. The van der Waals surface area contributed by atoms with Crippen molar-refractivity contribution in [1.29, 1.82) is 0 Å². The number of aldehydes is 1. The predicted octanol–water partition coefficient (Wildman–Crippen LogP) is 4.78. The van der Waals surface area contributed by atoms with Gasteiger partial charge in [0.05, 0.1) is 5.56 Å². The van der Waals surface area contributed by atoms with E-state index in [1.165, 1.54) is 0 Å². The van der Waals surface area contributed by atoms with Crippen LogP contribution in [0.4, 0.5) is 0 Å². The maximum absolute atomic E-state index is 10.9. The fourth-order valence-electron chi connectivity index (χ4n) is 2.71. The highest BCUT2D eigenvalue weighted by Gasteiger charge is 2.17. The van der Waals surface area contributed by atoms with Gasteiger partial charge in [-0.25, -0.2) is 0 Å². The Morgan fingerprint density at radius 2 is 1.60 bits per heavy atom. The number of nitrogens with zero attached hydrogens (tertiary/aromatic N) is 2. The van der Waals surface area contributed by atoms with Crippen LogP contribution in [0.1, 0.15) is 16.1 Å². The second-order valence-electron chi connectivity index (χ2n) is 5.60. The number of carbonyl (C=O) groups is 1. The van der Waals surface area contributed by atoms with Crippen LogP contribution in [0, 0.1) is 6.92 Å². The van der Waals surface area contributed by atoms with Gasteiger partial charge in [0.15, 0.2) is 12.0 Å². The molecule has 122 valence electrons. The summed E-state index contributed by atoms with van der Waals surface area (Å²) in [7, 11) is 0. The zero-order chi connectivity index (χ0) is 17.2. The van der Waals surface area contributed by atoms with Crippen molar-refractivity contribution in [2.75, 3.05) is 0 Å². The van der Waals surface area contributed by atoms with Gasteiger partial charge in [-0.05, 0) is 30.7 Å². The molecule has 0 N–H and O–H groups in total. The Morgan fingerprint density at radius 3 is 2.32 bits per heavy atom. The van der Waals surface area contributed by atoms with Crippen molar-refractivity contribution in [2.24, 2.45) is 0 Å². The lowest BCUT2D eigenvalue weighted by atomic mass is 10.1. The Balaban J connectivity index is 1.79. The number of hydrogen-bond donors (Lipinski definition) is 0. The first kappa shape index (κ1) is 15.1. The van der Waals surface area contributed by atoms with E-state index in [9.17, 15) is 4.79 Å². The normalized spacial score (nSPS) is 10.8. The van der Waals surface area contributed by atoms with Crippen LogP contribution in [-0.4, -0.2) is 16.4 Å². The highest BCUT2D eigenvalue weighted by Crippen LogP contribution is 2.33. The number of hydrogen-bond acceptors (Lipinski definition) is 5. The summed E-state index contributed by atoms with van der Waals surface area (Å²) in [5, 5.41) is 4.11. The fraction of sp³-hybridized carbons (Fsp3) is 0.0500. The summed E-state index contributed by atoms with van der Waals surface area (Å²) >= 11 is 0. The topological polar surface area (TPSA) is 69.1 Å². The van der Waals surface area contributed by atoms with E-state index in [0.717, 1.165) is 22.3 Å². The van der Waals surface area contributed by atoms with Crippen LogP contribution in [0.15, 0.2) is 69.6 Å². The first-order valence-corrected chi connectivity index (χ1v) is 7.81. The molecule has 0 fully saturated rings. The van der Waals surface area contributed by atoms with Gasteiger partial charge in [-0.2, -0.15) is 4.98 Å². The first-order chi connectivity index (χ1) is 12.3. The van der Waals surface area contributed by atoms with E-state index in [2.05, 4.69) is 10.1 Å². The summed E-state index contributed by atoms with van der Waals surface area (Å²) in [6.45, 7) is 2.00. The van der Waals surface area contributed by atoms with Crippen molar-refractivity contribution in [1.82, 2.24) is 10.1 Å². The molecule has 0 aliphatic heterocycles. The second kappa shape index (κ2) is 6.20. The minimum absolute atomic E-state index is 0.274. The summed E-state index contributed by atoms with van der Waals surface area (Å²) < 4.78 is 11.0. The molecule has 0 saturated heterocycles. The van der Waals surface area contributed by atoms with Crippen LogP contribution in [-0.2, 0) is 0 Å². The Bertz CT molecular complexity index is 1050. The van der Waals surface area contributed by atoms with Crippen LogP contribution in [0.5, 0.6) is 0 Å². The third-order valence-corrected chi connectivity index (χ3v) is 3.98. The van der Waals surface area contributed by atoms with Crippen LogP contribution in [0.25, 0.3) is 34.2 Å². The summed E-state index contributed by atoms with van der Waals surface area (Å²) in [5.41, 5.74) is 3.54. The molecular weight excluding hydrogens is 316 g/mol. The minimum Gasteiger partial charge on any atom is -0.453 e. The predicted molar refractivity (Wildman–Crippen MR) is 93.0 cm³/mol. The van der Waals surface area contributed by atoms with E-state index in [1.807, 2.05) is 55.5 Å². The minimum atomic E-state index is 0.274. The molecule has 0 unspecified atom stereocenters. The highest BCUT2D eigenvalue weighted by atomic mass is 16.5. The van der Waals surface area contributed by atoms with E-state index < -0.39 is 0 Å². The zero-order valence-corrected chi connectivity index (χ0v) is 13.5. The number of aryl methyl sites for hydroxylation is 1. The van der Waals surface area contributed by atoms with E-state index in [1.54, 1.807) is 12.1 Å². The van der Waals surface area contributed by atoms with E-state index >= 15 is 0 Å². The monoisotopic (exact) mass is 330 g/mol. The van der Waals surface area contributed by atoms with Gasteiger partial charge in [-0.3, -0.25) is 4.79 Å². The van der Waals surface area contributed by atoms with Gasteiger partial charge in [0, 0.05) is 11.1 Å². The van der Waals surface area contributed by atoms with Crippen LogP contribution in [0.3, 0.4) is 0 Å². The number of rotatable bonds is 4. The van der Waals surface area contributed by atoms with Crippen molar-refractivity contribution in [3.63, 3.8) is 0 Å². The Hall–Kier alpha value is -3.47. The average molecular weight is 330 g/mol. The Kier molecular flexibility index (Phi) is 3.74. The summed E-state index contributed by atoms with van der Waals surface area (Å²) in [6, 6.07) is 18.8. The first-order valence-electron chi connectivity index (χ1n) is 7.81. The molecular formula is C20H14N2O3. The number of furan rings is 1. The van der Waals surface area contributed by atoms with Crippen LogP contribution >= 0.6 is 0 Å². The van der Waals surface area contributed by atoms with Gasteiger partial charge in [0.1, 0.15) is 5.76 Å². The number of benzene rings is 2. The smallest absolute Gasteiger partial charge is 0.258 e. The zero-order valence-electron chi connectivity index (χ0n) is 13.5. The third-order valence-electron chi connectivity index (χ3n) is 3.98.